The Hall–Kier alpha value is -3.42. The molecule has 13 heteroatoms. The summed E-state index contributed by atoms with van der Waals surface area (Å²) in [4.78, 5) is 57.8. The number of carbonyl (C=O) groups excluding carboxylic acids is 2. The molecule has 0 fully saturated rings. The van der Waals surface area contributed by atoms with Gasteiger partial charge in [-0.2, -0.15) is 0 Å². The van der Waals surface area contributed by atoms with Gasteiger partial charge in [-0.15, -0.1) is 11.8 Å². The molecule has 0 unspecified atom stereocenters. The first-order valence-electron chi connectivity index (χ1n) is 14.4. The van der Waals surface area contributed by atoms with E-state index in [0.29, 0.717) is 0 Å². The number of rotatable bonds is 25. The van der Waals surface area contributed by atoms with Crippen molar-refractivity contribution in [2.24, 2.45) is 5.73 Å². The van der Waals surface area contributed by atoms with Crippen LogP contribution in [-0.4, -0.2) is 85.9 Å². The lowest BCUT2D eigenvalue weighted by Gasteiger charge is -2.23. The third-order valence-corrected chi connectivity index (χ3v) is 7.36. The first-order valence-corrected chi connectivity index (χ1v) is 15.5. The molecule has 0 aromatic rings. The summed E-state index contributed by atoms with van der Waals surface area (Å²) in [6.07, 6.45) is 19.5. The summed E-state index contributed by atoms with van der Waals surface area (Å²) in [7, 11) is 0. The van der Waals surface area contributed by atoms with E-state index >= 15 is 0 Å². The number of nitrogens with one attached hydrogen (secondary N) is 2. The van der Waals surface area contributed by atoms with E-state index in [2.05, 4.69) is 29.7 Å². The van der Waals surface area contributed by atoms with Gasteiger partial charge >= 0.3 is 17.9 Å². The number of hydrogen-bond acceptors (Lipinski definition) is 8. The van der Waals surface area contributed by atoms with Crippen LogP contribution in [0.25, 0.3) is 0 Å². The number of amides is 2. The van der Waals surface area contributed by atoms with Gasteiger partial charge in [0.15, 0.2) is 0 Å². The molecular weight excluding hydrogens is 578 g/mol. The van der Waals surface area contributed by atoms with Gasteiger partial charge in [-0.1, -0.05) is 68.4 Å². The van der Waals surface area contributed by atoms with E-state index < -0.39 is 59.7 Å². The van der Waals surface area contributed by atoms with Gasteiger partial charge in [0.25, 0.3) is 0 Å². The number of carboxylic acids is 3. The number of aliphatic hydroxyl groups excluding tert-OH is 1. The van der Waals surface area contributed by atoms with Crippen LogP contribution in [0.5, 0.6) is 0 Å². The van der Waals surface area contributed by atoms with Crippen LogP contribution in [0.3, 0.4) is 0 Å². The average Bonchev–Trinajstić information content (AvgIpc) is 2.95. The number of carboxylic acid groups (broad SMARTS) is 3. The van der Waals surface area contributed by atoms with Crippen LogP contribution in [0.15, 0.2) is 48.6 Å². The Morgan fingerprint density at radius 2 is 1.58 bits per heavy atom. The summed E-state index contributed by atoms with van der Waals surface area (Å²) < 4.78 is 0. The number of thioether (sulfide) groups is 1. The predicted octanol–water partition coefficient (Wildman–Crippen LogP) is 2.78. The van der Waals surface area contributed by atoms with Gasteiger partial charge < -0.3 is 36.8 Å². The fraction of sp³-hybridized carbons (Fsp3) is 0.567. The van der Waals surface area contributed by atoms with Crippen molar-refractivity contribution in [2.75, 3.05) is 12.3 Å². The number of nitrogens with two attached hydrogens (primary N) is 1. The Morgan fingerprint density at radius 1 is 0.860 bits per heavy atom. The number of allylic oxidation sites excluding steroid dienone is 7. The third kappa shape index (κ3) is 22.8. The smallest absolute Gasteiger partial charge is 0.322 e. The number of aliphatic hydroxyl groups is 1. The molecule has 43 heavy (non-hydrogen) atoms. The molecule has 0 radical (unpaired) electrons. The Kier molecular flexibility index (Phi) is 23.1. The first kappa shape index (κ1) is 39.6. The average molecular weight is 626 g/mol. The van der Waals surface area contributed by atoms with Crippen LogP contribution >= 0.6 is 11.8 Å². The molecule has 0 aliphatic heterocycles. The topological polar surface area (TPSA) is 216 Å². The molecule has 0 heterocycles. The maximum Gasteiger partial charge on any atom is 0.322 e. The van der Waals surface area contributed by atoms with Gasteiger partial charge in [0, 0.05) is 23.8 Å². The van der Waals surface area contributed by atoms with E-state index in [1.54, 1.807) is 18.2 Å². The van der Waals surface area contributed by atoms with Crippen molar-refractivity contribution < 1.29 is 44.4 Å². The summed E-state index contributed by atoms with van der Waals surface area (Å²) in [5.74, 6) is -5.01. The second-order valence-electron chi connectivity index (χ2n) is 9.77. The predicted molar refractivity (Wildman–Crippen MR) is 166 cm³/mol. The van der Waals surface area contributed by atoms with Crippen LogP contribution in [0.1, 0.15) is 71.1 Å². The zero-order valence-corrected chi connectivity index (χ0v) is 25.5. The van der Waals surface area contributed by atoms with Gasteiger partial charge in [-0.05, 0) is 38.5 Å². The Bertz CT molecular complexity index is 982. The van der Waals surface area contributed by atoms with Crippen LogP contribution < -0.4 is 16.4 Å². The highest BCUT2D eigenvalue weighted by molar-refractivity contribution is 8.00. The summed E-state index contributed by atoms with van der Waals surface area (Å²) in [6.45, 7) is 1.49. The molecule has 0 aromatic carbocycles. The molecule has 2 amide bonds. The van der Waals surface area contributed by atoms with Crippen molar-refractivity contribution >= 4 is 41.5 Å². The van der Waals surface area contributed by atoms with E-state index in [1.165, 1.54) is 19.3 Å². The normalized spacial score (nSPS) is 14.7. The first-order chi connectivity index (χ1) is 20.5. The summed E-state index contributed by atoms with van der Waals surface area (Å²) in [6, 6.07) is -2.45. The lowest BCUT2D eigenvalue weighted by Crippen LogP contribution is -2.50. The number of unbranched alkanes of at least 4 members (excludes halogenated alkanes) is 3. The molecular formula is C30H47N3O9S. The van der Waals surface area contributed by atoms with E-state index in [4.69, 9.17) is 21.1 Å². The number of hydrogen-bond donors (Lipinski definition) is 7. The minimum absolute atomic E-state index is 0.0542. The molecule has 0 aliphatic rings. The third-order valence-electron chi connectivity index (χ3n) is 5.97. The van der Waals surface area contributed by atoms with Crippen molar-refractivity contribution in [3.8, 4) is 0 Å². The van der Waals surface area contributed by atoms with Crippen molar-refractivity contribution in [1.29, 1.82) is 0 Å². The molecule has 12 nitrogen and oxygen atoms in total. The number of carbonyl (C=O) groups is 5. The maximum absolute atomic E-state index is 12.6. The summed E-state index contributed by atoms with van der Waals surface area (Å²) in [5.41, 5.74) is 5.43. The highest BCUT2D eigenvalue weighted by Crippen LogP contribution is 2.22. The molecule has 8 N–H and O–H groups in total. The summed E-state index contributed by atoms with van der Waals surface area (Å²) in [5, 5.41) is 41.6. The van der Waals surface area contributed by atoms with Crippen LogP contribution in [0, 0.1) is 0 Å². The fourth-order valence-electron chi connectivity index (χ4n) is 3.54. The largest absolute Gasteiger partial charge is 0.481 e. The molecule has 0 saturated carbocycles. The van der Waals surface area contributed by atoms with Crippen molar-refractivity contribution in [2.45, 2.75) is 94.6 Å². The zero-order valence-electron chi connectivity index (χ0n) is 24.7. The highest BCUT2D eigenvalue weighted by Gasteiger charge is 2.25. The van der Waals surface area contributed by atoms with Gasteiger partial charge in [-0.25, -0.2) is 0 Å². The van der Waals surface area contributed by atoms with E-state index in [9.17, 15) is 29.1 Å². The van der Waals surface area contributed by atoms with Gasteiger partial charge in [0.2, 0.25) is 11.8 Å². The van der Waals surface area contributed by atoms with Gasteiger partial charge in [0.1, 0.15) is 18.6 Å². The Labute approximate surface area is 257 Å². The lowest BCUT2D eigenvalue weighted by molar-refractivity contribution is -0.139. The fourth-order valence-corrected chi connectivity index (χ4v) is 4.75. The highest BCUT2D eigenvalue weighted by atomic mass is 32.2. The van der Waals surface area contributed by atoms with Crippen LogP contribution in [-0.2, 0) is 24.0 Å². The van der Waals surface area contributed by atoms with Gasteiger partial charge in [0.05, 0.1) is 6.10 Å². The van der Waals surface area contributed by atoms with E-state index in [1.807, 2.05) is 18.2 Å². The van der Waals surface area contributed by atoms with Crippen molar-refractivity contribution in [3.05, 3.63) is 48.6 Å². The molecule has 0 aliphatic carbocycles. The lowest BCUT2D eigenvalue weighted by atomic mass is 10.1. The Balaban J connectivity index is 5.38. The molecule has 0 rings (SSSR count). The van der Waals surface area contributed by atoms with E-state index in [0.717, 1.165) is 24.6 Å². The molecule has 0 bridgehead atoms. The van der Waals surface area contributed by atoms with Gasteiger partial charge in [-0.3, -0.25) is 24.0 Å². The molecule has 0 spiro atoms. The minimum Gasteiger partial charge on any atom is -0.481 e. The van der Waals surface area contributed by atoms with Crippen molar-refractivity contribution in [1.82, 2.24) is 10.6 Å². The minimum atomic E-state index is -1.28. The Morgan fingerprint density at radius 3 is 2.23 bits per heavy atom. The molecule has 0 aromatic heterocycles. The van der Waals surface area contributed by atoms with Crippen molar-refractivity contribution in [3.63, 3.8) is 0 Å². The second kappa shape index (κ2) is 25.1. The monoisotopic (exact) mass is 625 g/mol. The summed E-state index contributed by atoms with van der Waals surface area (Å²) >= 11 is 1.13. The van der Waals surface area contributed by atoms with Crippen LogP contribution in [0.2, 0.25) is 0 Å². The van der Waals surface area contributed by atoms with Crippen LogP contribution in [0.4, 0.5) is 0 Å². The quantitative estimate of drug-likeness (QED) is 0.0444. The molecule has 4 atom stereocenters. The molecule has 0 saturated heterocycles. The maximum atomic E-state index is 12.6. The molecule has 242 valence electrons. The SMILES string of the molecule is CCCCC/C=C/C/C=C/C=C/C=C/[C@@H](SC[C@H](NC(=O)CC[C@H](N)C(=O)O)C(=O)NCC(=O)O)[C@@H](O)CCCC(=O)O. The van der Waals surface area contributed by atoms with E-state index in [-0.39, 0.29) is 37.9 Å². The zero-order chi connectivity index (χ0) is 32.5. The second-order valence-corrected chi connectivity index (χ2v) is 11.0. The standard InChI is InChI=1S/C30H47N3O9S/c1-2-3-4-5-6-7-8-9-10-11-12-13-16-25(24(34)15-14-17-27(36)37)43-21-23(29(40)32-20-28(38)39)33-26(35)19-18-22(31)30(41)42/h6-7,9-13,16,22-25,34H,2-5,8,14-15,17-21,31H2,1H3,(H,32,40)(H,33,35)(H,36,37)(H,38,39)(H,41,42)/b7-6+,10-9+,12-11+,16-13+/t22-,23-,24-,25+/m0/s1. The number of aliphatic carboxylic acids is 3.